The van der Waals surface area contributed by atoms with E-state index in [-0.39, 0.29) is 11.8 Å². The number of carbonyl (C=O) groups is 1. The van der Waals surface area contributed by atoms with Crippen LogP contribution in [0, 0.1) is 0 Å². The van der Waals surface area contributed by atoms with E-state index in [9.17, 15) is 4.79 Å². The van der Waals surface area contributed by atoms with Gasteiger partial charge in [-0.3, -0.25) is 4.79 Å². The Kier molecular flexibility index (Phi) is 6.43. The molecule has 0 aliphatic carbocycles. The highest BCUT2D eigenvalue weighted by Crippen LogP contribution is 2.24. The van der Waals surface area contributed by atoms with Gasteiger partial charge >= 0.3 is 0 Å². The highest BCUT2D eigenvalue weighted by atomic mass is 16.3. The smallest absolute Gasteiger partial charge is 0.257 e. The number of likely N-dealkylation sites (N-methyl/N-ethyl adjacent to an activating group) is 2. The van der Waals surface area contributed by atoms with Gasteiger partial charge in [0.15, 0.2) is 5.76 Å². The van der Waals surface area contributed by atoms with Gasteiger partial charge in [0.1, 0.15) is 5.69 Å². The molecule has 3 rings (SSSR count). The average molecular weight is 396 g/mol. The van der Waals surface area contributed by atoms with Gasteiger partial charge in [-0.25, -0.2) is 14.6 Å². The number of carbonyl (C=O) groups excluding carboxylic acids is 1. The van der Waals surface area contributed by atoms with Crippen molar-refractivity contribution in [3.05, 3.63) is 48.1 Å². The van der Waals surface area contributed by atoms with E-state index in [0.29, 0.717) is 36.1 Å². The summed E-state index contributed by atoms with van der Waals surface area (Å²) in [6.45, 7) is 8.17. The first-order chi connectivity index (χ1) is 13.9. The lowest BCUT2D eigenvalue weighted by Gasteiger charge is -2.23. The van der Waals surface area contributed by atoms with Gasteiger partial charge in [-0.1, -0.05) is 13.8 Å². The predicted octanol–water partition coefficient (Wildman–Crippen LogP) is 3.07. The molecule has 0 aromatic carbocycles. The topological polar surface area (TPSA) is 80.3 Å². The average Bonchev–Trinajstić information content (AvgIpc) is 3.38. The Morgan fingerprint density at radius 2 is 2.03 bits per heavy atom. The van der Waals surface area contributed by atoms with Gasteiger partial charge < -0.3 is 14.2 Å². The van der Waals surface area contributed by atoms with Crippen molar-refractivity contribution in [1.82, 2.24) is 29.5 Å². The molecule has 8 heteroatoms. The molecule has 0 saturated carbocycles. The maximum atomic E-state index is 13.2. The van der Waals surface area contributed by atoms with Crippen molar-refractivity contribution in [3.8, 4) is 17.4 Å². The summed E-state index contributed by atoms with van der Waals surface area (Å²) >= 11 is 0. The van der Waals surface area contributed by atoms with Crippen molar-refractivity contribution in [2.45, 2.75) is 26.7 Å². The van der Waals surface area contributed by atoms with Crippen LogP contribution >= 0.6 is 0 Å². The minimum atomic E-state index is -0.0218. The first kappa shape index (κ1) is 20.7. The van der Waals surface area contributed by atoms with Crippen LogP contribution in [0.2, 0.25) is 0 Å². The van der Waals surface area contributed by atoms with Crippen LogP contribution in [0.25, 0.3) is 17.4 Å². The molecule has 0 radical (unpaired) electrons. The van der Waals surface area contributed by atoms with Crippen molar-refractivity contribution in [3.63, 3.8) is 0 Å². The quantitative estimate of drug-likeness (QED) is 0.582. The molecular formula is C21H28N6O2. The maximum Gasteiger partial charge on any atom is 0.257 e. The van der Waals surface area contributed by atoms with E-state index in [0.717, 1.165) is 12.2 Å². The van der Waals surface area contributed by atoms with Crippen molar-refractivity contribution in [2.24, 2.45) is 0 Å². The van der Waals surface area contributed by atoms with Crippen LogP contribution in [0.15, 0.2) is 41.3 Å². The van der Waals surface area contributed by atoms with Crippen LogP contribution < -0.4 is 0 Å². The van der Waals surface area contributed by atoms with E-state index in [1.54, 1.807) is 29.4 Å². The molecule has 0 spiro atoms. The molecule has 0 aliphatic heterocycles. The fourth-order valence-electron chi connectivity index (χ4n) is 3.14. The number of hydrogen-bond acceptors (Lipinski definition) is 6. The number of amides is 1. The first-order valence-corrected chi connectivity index (χ1v) is 9.81. The number of furan rings is 1. The lowest BCUT2D eigenvalue weighted by molar-refractivity contribution is 0.0752. The van der Waals surface area contributed by atoms with E-state index in [4.69, 9.17) is 4.42 Å². The molecule has 0 bridgehead atoms. The summed E-state index contributed by atoms with van der Waals surface area (Å²) in [5.41, 5.74) is 2.06. The highest BCUT2D eigenvalue weighted by molar-refractivity contribution is 5.95. The molecule has 154 valence electrons. The maximum absolute atomic E-state index is 13.2. The Balaban J connectivity index is 1.97. The van der Waals surface area contributed by atoms with E-state index in [1.165, 1.54) is 0 Å². The third-order valence-corrected chi connectivity index (χ3v) is 4.68. The van der Waals surface area contributed by atoms with Gasteiger partial charge in [-0.15, -0.1) is 0 Å². The molecule has 8 nitrogen and oxygen atoms in total. The largest absolute Gasteiger partial charge is 0.463 e. The SMILES string of the molecule is CCN(CCN(C)C)C(=O)c1cnn(-c2nccc(-c3ccco3)n2)c1C(C)C. The van der Waals surface area contributed by atoms with Gasteiger partial charge in [0.2, 0.25) is 0 Å². The number of rotatable bonds is 8. The van der Waals surface area contributed by atoms with Gasteiger partial charge in [0.05, 0.1) is 23.7 Å². The van der Waals surface area contributed by atoms with Gasteiger partial charge in [0, 0.05) is 25.8 Å². The second-order valence-electron chi connectivity index (χ2n) is 7.42. The zero-order valence-electron chi connectivity index (χ0n) is 17.7. The number of aromatic nitrogens is 4. The lowest BCUT2D eigenvalue weighted by atomic mass is 10.0. The molecular weight excluding hydrogens is 368 g/mol. The Morgan fingerprint density at radius 3 is 2.66 bits per heavy atom. The van der Waals surface area contributed by atoms with Crippen LogP contribution in [-0.4, -0.2) is 69.2 Å². The van der Waals surface area contributed by atoms with Crippen LogP contribution in [0.1, 0.15) is 42.7 Å². The zero-order valence-corrected chi connectivity index (χ0v) is 17.7. The third kappa shape index (κ3) is 4.54. The van der Waals surface area contributed by atoms with Crippen molar-refractivity contribution >= 4 is 5.91 Å². The highest BCUT2D eigenvalue weighted by Gasteiger charge is 2.25. The molecule has 0 saturated heterocycles. The molecule has 0 fully saturated rings. The fourth-order valence-corrected chi connectivity index (χ4v) is 3.14. The molecule has 3 aromatic heterocycles. The molecule has 29 heavy (non-hydrogen) atoms. The number of hydrogen-bond donors (Lipinski definition) is 0. The summed E-state index contributed by atoms with van der Waals surface area (Å²) in [7, 11) is 4.00. The molecule has 3 aromatic rings. The van der Waals surface area contributed by atoms with E-state index >= 15 is 0 Å². The van der Waals surface area contributed by atoms with Crippen LogP contribution in [0.3, 0.4) is 0 Å². The van der Waals surface area contributed by atoms with Gasteiger partial charge in [-0.05, 0) is 45.1 Å². The van der Waals surface area contributed by atoms with Crippen molar-refractivity contribution < 1.29 is 9.21 Å². The summed E-state index contributed by atoms with van der Waals surface area (Å²) in [6, 6.07) is 5.44. The van der Waals surface area contributed by atoms with Crippen LogP contribution in [0.4, 0.5) is 0 Å². The lowest BCUT2D eigenvalue weighted by Crippen LogP contribution is -2.37. The molecule has 1 amide bonds. The minimum absolute atomic E-state index is 0.0218. The standard InChI is InChI=1S/C21H28N6O2/c1-6-26(12-11-25(4)5)20(28)16-14-23-27(19(16)15(2)3)21-22-10-9-17(24-21)18-8-7-13-29-18/h7-10,13-15H,6,11-12H2,1-5H3. The molecule has 0 aliphatic rings. The van der Waals surface area contributed by atoms with Crippen molar-refractivity contribution in [2.75, 3.05) is 33.7 Å². The first-order valence-electron chi connectivity index (χ1n) is 9.81. The van der Waals surface area contributed by atoms with E-state index in [1.807, 2.05) is 51.9 Å². The van der Waals surface area contributed by atoms with Crippen LogP contribution in [0.5, 0.6) is 0 Å². The summed E-state index contributed by atoms with van der Waals surface area (Å²) in [4.78, 5) is 26.1. The van der Waals surface area contributed by atoms with E-state index < -0.39 is 0 Å². The minimum Gasteiger partial charge on any atom is -0.463 e. The predicted molar refractivity (Wildman–Crippen MR) is 111 cm³/mol. The normalized spacial score (nSPS) is 11.4. The summed E-state index contributed by atoms with van der Waals surface area (Å²) in [5, 5.41) is 4.47. The molecule has 0 N–H and O–H groups in total. The Hall–Kier alpha value is -3.00. The van der Waals surface area contributed by atoms with Gasteiger partial charge in [0.25, 0.3) is 11.9 Å². The second kappa shape index (κ2) is 9.00. The van der Waals surface area contributed by atoms with Crippen molar-refractivity contribution in [1.29, 1.82) is 0 Å². The monoisotopic (exact) mass is 396 g/mol. The second-order valence-corrected chi connectivity index (χ2v) is 7.42. The van der Waals surface area contributed by atoms with Gasteiger partial charge in [-0.2, -0.15) is 5.10 Å². The number of nitrogens with zero attached hydrogens (tertiary/aromatic N) is 6. The Morgan fingerprint density at radius 1 is 1.24 bits per heavy atom. The summed E-state index contributed by atoms with van der Waals surface area (Å²) in [6.07, 6.45) is 4.90. The molecule has 0 unspecified atom stereocenters. The fraction of sp³-hybridized carbons (Fsp3) is 0.429. The third-order valence-electron chi connectivity index (χ3n) is 4.68. The summed E-state index contributed by atoms with van der Waals surface area (Å²) < 4.78 is 7.10. The Bertz CT molecular complexity index is 946. The Labute approximate surface area is 171 Å². The van der Waals surface area contributed by atoms with Crippen LogP contribution in [-0.2, 0) is 0 Å². The molecule has 3 heterocycles. The van der Waals surface area contributed by atoms with E-state index in [2.05, 4.69) is 20.0 Å². The molecule has 0 atom stereocenters. The zero-order chi connectivity index (χ0) is 21.0. The summed E-state index contributed by atoms with van der Waals surface area (Å²) in [5.74, 6) is 1.12.